The van der Waals surface area contributed by atoms with Crippen molar-refractivity contribution in [2.24, 2.45) is 5.73 Å². The van der Waals surface area contributed by atoms with Gasteiger partial charge in [0.25, 0.3) is 0 Å². The van der Waals surface area contributed by atoms with Gasteiger partial charge in [0.15, 0.2) is 0 Å². The number of aliphatic hydroxyl groups is 1. The number of aliphatic carboxylic acids is 2. The van der Waals surface area contributed by atoms with Gasteiger partial charge in [0.1, 0.15) is 29.9 Å². The number of carbonyl (C=O) groups excluding carboxylic acids is 3. The number of carboxylic acid groups (broad SMARTS) is 2. The van der Waals surface area contributed by atoms with Crippen molar-refractivity contribution in [3.05, 3.63) is 29.8 Å². The van der Waals surface area contributed by atoms with Crippen molar-refractivity contribution in [2.45, 2.75) is 37.0 Å². The number of aromatic hydroxyl groups is 1. The van der Waals surface area contributed by atoms with E-state index in [2.05, 4.69) is 28.6 Å². The average Bonchev–Trinajstić information content (AvgIpc) is 2.76. The van der Waals surface area contributed by atoms with Crippen LogP contribution < -0.4 is 21.7 Å². The van der Waals surface area contributed by atoms with Crippen molar-refractivity contribution >= 4 is 42.3 Å². The molecule has 0 saturated heterocycles. The van der Waals surface area contributed by atoms with E-state index in [-0.39, 0.29) is 17.9 Å². The fourth-order valence-corrected chi connectivity index (χ4v) is 2.81. The lowest BCUT2D eigenvalue weighted by atomic mass is 10.0. The highest BCUT2D eigenvalue weighted by molar-refractivity contribution is 7.80. The number of aliphatic hydroxyl groups excluding tert-OH is 1. The summed E-state index contributed by atoms with van der Waals surface area (Å²) in [5.74, 6) is -5.96. The van der Waals surface area contributed by atoms with Crippen molar-refractivity contribution in [3.63, 3.8) is 0 Å². The molecule has 0 aliphatic carbocycles. The van der Waals surface area contributed by atoms with Gasteiger partial charge in [-0.25, -0.2) is 4.79 Å². The number of hydrogen-bond acceptors (Lipinski definition) is 9. The van der Waals surface area contributed by atoms with Crippen LogP contribution >= 0.6 is 12.6 Å². The van der Waals surface area contributed by atoms with E-state index in [0.29, 0.717) is 5.56 Å². The summed E-state index contributed by atoms with van der Waals surface area (Å²) >= 11 is 3.98. The molecule has 0 radical (unpaired) electrons. The average molecular weight is 487 g/mol. The maximum Gasteiger partial charge on any atom is 0.326 e. The minimum absolute atomic E-state index is 0.0470. The van der Waals surface area contributed by atoms with Crippen LogP contribution in [-0.4, -0.2) is 86.6 Å². The maximum atomic E-state index is 12.7. The Bertz CT molecular complexity index is 865. The van der Waals surface area contributed by atoms with Crippen LogP contribution in [0.5, 0.6) is 5.75 Å². The van der Waals surface area contributed by atoms with Gasteiger partial charge in [-0.05, 0) is 17.7 Å². The summed E-state index contributed by atoms with van der Waals surface area (Å²) in [4.78, 5) is 59.5. The van der Waals surface area contributed by atoms with Gasteiger partial charge in [0, 0.05) is 12.2 Å². The van der Waals surface area contributed by atoms with Crippen molar-refractivity contribution in [1.82, 2.24) is 16.0 Å². The van der Waals surface area contributed by atoms with Gasteiger partial charge < -0.3 is 42.1 Å². The summed E-state index contributed by atoms with van der Waals surface area (Å²) in [5, 5.41) is 43.1. The molecule has 0 spiro atoms. The van der Waals surface area contributed by atoms with E-state index < -0.39 is 66.9 Å². The number of thiol groups is 1. The number of rotatable bonds is 13. The Morgan fingerprint density at radius 3 is 1.88 bits per heavy atom. The summed E-state index contributed by atoms with van der Waals surface area (Å²) in [5.41, 5.74) is 5.88. The second kappa shape index (κ2) is 13.2. The molecule has 1 aromatic rings. The van der Waals surface area contributed by atoms with E-state index >= 15 is 0 Å². The predicted molar refractivity (Wildman–Crippen MR) is 116 cm³/mol. The second-order valence-corrected chi connectivity index (χ2v) is 7.33. The number of hydrogen-bond donors (Lipinski definition) is 9. The molecular weight excluding hydrogens is 460 g/mol. The summed E-state index contributed by atoms with van der Waals surface area (Å²) in [6.45, 7) is -0.668. The molecule has 33 heavy (non-hydrogen) atoms. The molecule has 4 unspecified atom stereocenters. The Balaban J connectivity index is 3.07. The highest BCUT2D eigenvalue weighted by Crippen LogP contribution is 2.12. The normalized spacial score (nSPS) is 14.3. The zero-order valence-corrected chi connectivity index (χ0v) is 18.2. The molecule has 9 N–H and O–H groups in total. The van der Waals surface area contributed by atoms with Crippen LogP contribution in [0.1, 0.15) is 12.0 Å². The molecule has 0 saturated carbocycles. The van der Waals surface area contributed by atoms with E-state index in [0.717, 1.165) is 0 Å². The third-order valence-corrected chi connectivity index (χ3v) is 4.72. The lowest BCUT2D eigenvalue weighted by Gasteiger charge is -2.24. The van der Waals surface area contributed by atoms with E-state index in [9.17, 15) is 34.2 Å². The molecule has 0 bridgehead atoms. The Labute approximate surface area is 193 Å². The van der Waals surface area contributed by atoms with Gasteiger partial charge >= 0.3 is 11.9 Å². The number of phenolic OH excluding ortho intramolecular Hbond substituents is 1. The minimum atomic E-state index is -1.75. The van der Waals surface area contributed by atoms with Crippen LogP contribution in [0.3, 0.4) is 0 Å². The molecule has 3 amide bonds. The first-order chi connectivity index (χ1) is 15.5. The summed E-state index contributed by atoms with van der Waals surface area (Å²) in [6.07, 6.45) is -1.05. The fraction of sp³-hybridized carbons (Fsp3) is 0.421. The predicted octanol–water partition coefficient (Wildman–Crippen LogP) is -2.80. The summed E-state index contributed by atoms with van der Waals surface area (Å²) in [7, 11) is 0. The van der Waals surface area contributed by atoms with Crippen LogP contribution in [0, 0.1) is 0 Å². The lowest BCUT2D eigenvalue weighted by Crippen LogP contribution is -2.58. The molecule has 0 heterocycles. The van der Waals surface area contributed by atoms with Crippen LogP contribution in [0.2, 0.25) is 0 Å². The van der Waals surface area contributed by atoms with Gasteiger partial charge in [-0.1, -0.05) is 12.1 Å². The molecule has 14 heteroatoms. The van der Waals surface area contributed by atoms with Crippen molar-refractivity contribution in [2.75, 3.05) is 12.4 Å². The quantitative estimate of drug-likeness (QED) is 0.130. The number of nitrogens with two attached hydrogens (primary N) is 1. The molecule has 4 atom stereocenters. The number of carbonyl (C=O) groups is 5. The van der Waals surface area contributed by atoms with E-state index in [4.69, 9.17) is 15.9 Å². The first-order valence-corrected chi connectivity index (χ1v) is 10.2. The molecule has 0 aliphatic rings. The monoisotopic (exact) mass is 486 g/mol. The van der Waals surface area contributed by atoms with E-state index in [1.54, 1.807) is 0 Å². The molecular formula is C19H26N4O9S. The number of phenols is 1. The molecule has 0 fully saturated rings. The van der Waals surface area contributed by atoms with E-state index in [1.807, 2.05) is 0 Å². The second-order valence-electron chi connectivity index (χ2n) is 6.96. The number of nitrogens with one attached hydrogen (secondary N) is 3. The lowest BCUT2D eigenvalue weighted by molar-refractivity contribution is -0.147. The number of carboxylic acids is 2. The summed E-state index contributed by atoms with van der Waals surface area (Å²) < 4.78 is 0. The molecule has 1 aromatic carbocycles. The van der Waals surface area contributed by atoms with Crippen molar-refractivity contribution in [3.8, 4) is 5.75 Å². The first kappa shape index (κ1) is 27.7. The smallest absolute Gasteiger partial charge is 0.326 e. The molecule has 0 aromatic heterocycles. The first-order valence-electron chi connectivity index (χ1n) is 9.59. The van der Waals surface area contributed by atoms with Crippen LogP contribution in [-0.2, 0) is 30.4 Å². The Kier molecular flexibility index (Phi) is 11.1. The van der Waals surface area contributed by atoms with Gasteiger partial charge in [0.2, 0.25) is 17.7 Å². The topological polar surface area (TPSA) is 228 Å². The van der Waals surface area contributed by atoms with Gasteiger partial charge in [-0.2, -0.15) is 12.6 Å². The van der Waals surface area contributed by atoms with Gasteiger partial charge in [-0.3, -0.25) is 19.2 Å². The van der Waals surface area contributed by atoms with Gasteiger partial charge in [-0.15, -0.1) is 0 Å². The Hall–Kier alpha value is -3.36. The minimum Gasteiger partial charge on any atom is -0.508 e. The molecule has 13 nitrogen and oxygen atoms in total. The van der Waals surface area contributed by atoms with E-state index in [1.165, 1.54) is 24.3 Å². The number of amides is 3. The van der Waals surface area contributed by atoms with Crippen molar-refractivity contribution < 1.29 is 44.4 Å². The fourth-order valence-electron chi connectivity index (χ4n) is 2.55. The van der Waals surface area contributed by atoms with Crippen LogP contribution in [0.4, 0.5) is 0 Å². The maximum absolute atomic E-state index is 12.7. The molecule has 182 valence electrons. The third-order valence-electron chi connectivity index (χ3n) is 4.35. The Morgan fingerprint density at radius 1 is 0.879 bits per heavy atom. The van der Waals surface area contributed by atoms with Crippen LogP contribution in [0.25, 0.3) is 0 Å². The zero-order valence-electron chi connectivity index (χ0n) is 17.3. The standard InChI is InChI=1S/C19H26N4O9S/c20-11(7-24)16(28)23-14(8-33)18(30)21-12(5-9-1-3-10(25)4-2-9)17(29)22-13(19(31)32)6-15(26)27/h1-4,11-14,24-25,33H,5-8,20H2,(H,21,30)(H,22,29)(H,23,28)(H,26,27)(H,31,32). The zero-order chi connectivity index (χ0) is 25.1. The third kappa shape index (κ3) is 9.34. The highest BCUT2D eigenvalue weighted by Gasteiger charge is 2.30. The van der Waals surface area contributed by atoms with Crippen LogP contribution in [0.15, 0.2) is 24.3 Å². The SMILES string of the molecule is NC(CO)C(=O)NC(CS)C(=O)NC(Cc1ccc(O)cc1)C(=O)NC(CC(=O)O)C(=O)O. The summed E-state index contributed by atoms with van der Waals surface area (Å²) in [6, 6.07) is -0.0580. The van der Waals surface area contributed by atoms with Gasteiger partial charge in [0.05, 0.1) is 13.0 Å². The molecule has 0 aliphatic heterocycles. The highest BCUT2D eigenvalue weighted by atomic mass is 32.1. The Morgan fingerprint density at radius 2 is 1.39 bits per heavy atom. The largest absolute Gasteiger partial charge is 0.508 e. The number of benzene rings is 1. The van der Waals surface area contributed by atoms with Crippen molar-refractivity contribution in [1.29, 1.82) is 0 Å². The molecule has 1 rings (SSSR count).